The van der Waals surface area contributed by atoms with Crippen molar-refractivity contribution in [2.45, 2.75) is 118 Å². The number of carbonyl (C=O) groups excluding carboxylic acids is 1. The first-order valence-electron chi connectivity index (χ1n) is 13.3. The molecule has 0 amide bonds. The number of hydrogen-bond donors (Lipinski definition) is 0. The van der Waals surface area contributed by atoms with E-state index in [1.807, 2.05) is 0 Å². The van der Waals surface area contributed by atoms with Gasteiger partial charge in [0.05, 0.1) is 0 Å². The molecule has 0 bridgehead atoms. The van der Waals surface area contributed by atoms with Crippen molar-refractivity contribution in [2.24, 2.45) is 34.5 Å². The Bertz CT molecular complexity index is 759. The molecule has 4 rings (SSSR count). The molecule has 0 heterocycles. The molecule has 0 aliphatic heterocycles. The van der Waals surface area contributed by atoms with E-state index in [1.165, 1.54) is 57.8 Å². The average molecular weight is 427 g/mol. The van der Waals surface area contributed by atoms with Crippen LogP contribution in [0.25, 0.3) is 0 Å². The summed E-state index contributed by atoms with van der Waals surface area (Å²) in [4.78, 5) is 11.5. The molecule has 31 heavy (non-hydrogen) atoms. The predicted molar refractivity (Wildman–Crippen MR) is 129 cm³/mol. The molecule has 4 aliphatic rings. The maximum absolute atomic E-state index is 11.5. The van der Waals surface area contributed by atoms with Crippen LogP contribution in [-0.2, 0) is 9.53 Å². The molecule has 0 aromatic carbocycles. The van der Waals surface area contributed by atoms with Crippen LogP contribution in [0.1, 0.15) is 112 Å². The van der Waals surface area contributed by atoms with E-state index in [0.29, 0.717) is 16.7 Å². The Labute approximate surface area is 191 Å². The second kappa shape index (κ2) is 8.71. The van der Waals surface area contributed by atoms with Crippen molar-refractivity contribution in [2.75, 3.05) is 0 Å². The third kappa shape index (κ3) is 4.18. The van der Waals surface area contributed by atoms with Gasteiger partial charge in [-0.3, -0.25) is 4.79 Å². The van der Waals surface area contributed by atoms with Gasteiger partial charge in [0.1, 0.15) is 6.10 Å². The van der Waals surface area contributed by atoms with Gasteiger partial charge in [-0.25, -0.2) is 0 Å². The highest BCUT2D eigenvalue weighted by Gasteiger charge is 2.53. The van der Waals surface area contributed by atoms with E-state index in [9.17, 15) is 4.79 Å². The lowest BCUT2D eigenvalue weighted by Crippen LogP contribution is -2.44. The van der Waals surface area contributed by atoms with Gasteiger partial charge in [0.2, 0.25) is 0 Å². The van der Waals surface area contributed by atoms with Crippen molar-refractivity contribution < 1.29 is 9.53 Å². The summed E-state index contributed by atoms with van der Waals surface area (Å²) in [5.41, 5.74) is 6.02. The predicted octanol–water partition coefficient (Wildman–Crippen LogP) is 8.02. The van der Waals surface area contributed by atoms with E-state index in [1.54, 1.807) is 23.6 Å². The fraction of sp³-hybridized carbons (Fsp3) is 0.828. The Morgan fingerprint density at radius 1 is 1.10 bits per heavy atom. The topological polar surface area (TPSA) is 26.3 Å². The Morgan fingerprint density at radius 2 is 1.87 bits per heavy atom. The van der Waals surface area contributed by atoms with E-state index in [0.717, 1.165) is 30.6 Å². The van der Waals surface area contributed by atoms with E-state index >= 15 is 0 Å². The van der Waals surface area contributed by atoms with Gasteiger partial charge in [0.25, 0.3) is 0 Å². The molecule has 1 fully saturated rings. The molecule has 0 aromatic heterocycles. The minimum atomic E-state index is -0.109. The van der Waals surface area contributed by atoms with Gasteiger partial charge in [-0.15, -0.1) is 0 Å². The summed E-state index contributed by atoms with van der Waals surface area (Å²) in [5.74, 6) is 3.05. The third-order valence-corrected chi connectivity index (χ3v) is 9.92. The lowest BCUT2D eigenvalue weighted by molar-refractivity contribution is -0.150. The maximum Gasteiger partial charge on any atom is 0.302 e. The SMILES string of the molecule is CC(=O)O[C@H]1CC[C@]2(C)C3=C(CCC2C1)C1=CC[C@H]([C@H](C)CCCC(C)C)[C@@]1(C)CC3. The fourth-order valence-corrected chi connectivity index (χ4v) is 8.10. The molecule has 2 heteroatoms. The molecular weight excluding hydrogens is 380 g/mol. The number of fused-ring (bicyclic) bond motifs is 4. The average Bonchev–Trinajstić information content (AvgIpc) is 3.05. The number of rotatable bonds is 6. The van der Waals surface area contributed by atoms with Gasteiger partial charge in [0.15, 0.2) is 0 Å². The van der Waals surface area contributed by atoms with Crippen LogP contribution in [0, 0.1) is 34.5 Å². The van der Waals surface area contributed by atoms with Crippen LogP contribution in [0.15, 0.2) is 22.8 Å². The standard InChI is InChI=1S/C29H46O2/c1-19(2)8-7-9-20(3)25-12-13-26-24-11-10-22-18-23(31-21(4)30)14-16-28(22,5)27(24)15-17-29(25,26)6/h13,19-20,22-23,25H,7-12,14-18H2,1-6H3/t20-,22?,23+,25-,28+,29-/m1/s1. The molecule has 6 atom stereocenters. The third-order valence-electron chi connectivity index (χ3n) is 9.92. The number of ether oxygens (including phenoxy) is 1. The molecule has 174 valence electrons. The molecule has 0 saturated heterocycles. The van der Waals surface area contributed by atoms with E-state index < -0.39 is 0 Å². The van der Waals surface area contributed by atoms with Crippen LogP contribution in [-0.4, -0.2) is 12.1 Å². The van der Waals surface area contributed by atoms with Gasteiger partial charge < -0.3 is 4.74 Å². The normalized spacial score (nSPS) is 38.3. The summed E-state index contributed by atoms with van der Waals surface area (Å²) in [6.45, 7) is 13.9. The van der Waals surface area contributed by atoms with Gasteiger partial charge in [-0.2, -0.15) is 0 Å². The van der Waals surface area contributed by atoms with Crippen molar-refractivity contribution in [1.82, 2.24) is 0 Å². The highest BCUT2D eigenvalue weighted by molar-refractivity contribution is 5.66. The second-order valence-corrected chi connectivity index (χ2v) is 12.3. The van der Waals surface area contributed by atoms with Gasteiger partial charge in [-0.05, 0) is 97.0 Å². The second-order valence-electron chi connectivity index (χ2n) is 12.3. The van der Waals surface area contributed by atoms with Crippen LogP contribution in [0.3, 0.4) is 0 Å². The quantitative estimate of drug-likeness (QED) is 0.402. The van der Waals surface area contributed by atoms with E-state index in [2.05, 4.69) is 40.7 Å². The Morgan fingerprint density at radius 3 is 2.58 bits per heavy atom. The lowest BCUT2D eigenvalue weighted by Gasteiger charge is -2.54. The summed E-state index contributed by atoms with van der Waals surface area (Å²) in [5, 5.41) is 0. The molecule has 4 aliphatic carbocycles. The maximum atomic E-state index is 11.5. The van der Waals surface area contributed by atoms with Crippen LogP contribution in [0.2, 0.25) is 0 Å². The molecule has 1 saturated carbocycles. The molecule has 1 unspecified atom stereocenters. The summed E-state index contributed by atoms with van der Waals surface area (Å²) >= 11 is 0. The Kier molecular flexibility index (Phi) is 6.50. The zero-order valence-electron chi connectivity index (χ0n) is 21.1. The summed E-state index contributed by atoms with van der Waals surface area (Å²) in [7, 11) is 0. The van der Waals surface area contributed by atoms with Crippen molar-refractivity contribution in [3.63, 3.8) is 0 Å². The largest absolute Gasteiger partial charge is 0.463 e. The van der Waals surface area contributed by atoms with Crippen LogP contribution < -0.4 is 0 Å². The minimum absolute atomic E-state index is 0.109. The zero-order chi connectivity index (χ0) is 22.4. The number of hydrogen-bond acceptors (Lipinski definition) is 2. The highest BCUT2D eigenvalue weighted by Crippen LogP contribution is 2.64. The molecule has 0 spiro atoms. The summed E-state index contributed by atoms with van der Waals surface area (Å²) < 4.78 is 5.63. The van der Waals surface area contributed by atoms with Crippen molar-refractivity contribution in [1.29, 1.82) is 0 Å². The van der Waals surface area contributed by atoms with Crippen LogP contribution in [0.4, 0.5) is 0 Å². The lowest BCUT2D eigenvalue weighted by atomic mass is 9.51. The van der Waals surface area contributed by atoms with Gasteiger partial charge in [-0.1, -0.05) is 65.5 Å². The van der Waals surface area contributed by atoms with Crippen molar-refractivity contribution in [3.8, 4) is 0 Å². The number of carbonyl (C=O) groups is 1. The van der Waals surface area contributed by atoms with E-state index in [-0.39, 0.29) is 12.1 Å². The smallest absolute Gasteiger partial charge is 0.302 e. The van der Waals surface area contributed by atoms with Gasteiger partial charge in [0, 0.05) is 6.92 Å². The fourth-order valence-electron chi connectivity index (χ4n) is 8.10. The van der Waals surface area contributed by atoms with Crippen molar-refractivity contribution in [3.05, 3.63) is 22.8 Å². The van der Waals surface area contributed by atoms with Crippen LogP contribution in [0.5, 0.6) is 0 Å². The first-order chi connectivity index (χ1) is 14.6. The molecule has 0 aromatic rings. The zero-order valence-corrected chi connectivity index (χ0v) is 21.1. The molecule has 0 radical (unpaired) electrons. The minimum Gasteiger partial charge on any atom is -0.463 e. The Hall–Kier alpha value is -1.05. The van der Waals surface area contributed by atoms with Gasteiger partial charge >= 0.3 is 5.97 Å². The first kappa shape index (κ1) is 23.1. The number of esters is 1. The molecular formula is C29H46O2. The monoisotopic (exact) mass is 426 g/mol. The highest BCUT2D eigenvalue weighted by atomic mass is 16.5. The molecule has 0 N–H and O–H groups in total. The number of allylic oxidation sites excluding steroid dienone is 4. The van der Waals surface area contributed by atoms with Crippen LogP contribution >= 0.6 is 0 Å². The summed E-state index contributed by atoms with van der Waals surface area (Å²) in [6, 6.07) is 0. The molecule has 2 nitrogen and oxygen atoms in total. The first-order valence-corrected chi connectivity index (χ1v) is 13.3. The van der Waals surface area contributed by atoms with Crippen molar-refractivity contribution >= 4 is 5.97 Å². The van der Waals surface area contributed by atoms with E-state index in [4.69, 9.17) is 4.74 Å². The summed E-state index contributed by atoms with van der Waals surface area (Å²) in [6.07, 6.45) is 16.7. The Balaban J connectivity index is 1.50.